The Kier molecular flexibility index (Phi) is 2.78. The monoisotopic (exact) mass is 271 g/mol. The minimum Gasteiger partial charge on any atom is -0.481 e. The fourth-order valence-corrected chi connectivity index (χ4v) is 2.19. The largest absolute Gasteiger partial charge is 0.481 e. The number of allylic oxidation sites excluding steroid dienone is 1. The van der Waals surface area contributed by atoms with Crippen LogP contribution in [0.5, 0.6) is 5.88 Å². The molecule has 0 bridgehead atoms. The van der Waals surface area contributed by atoms with Gasteiger partial charge < -0.3 is 9.15 Å². The second-order valence-electron chi connectivity index (χ2n) is 4.43. The van der Waals surface area contributed by atoms with E-state index in [4.69, 9.17) is 9.15 Å². The lowest BCUT2D eigenvalue weighted by atomic mass is 10.2. The molecule has 0 N–H and O–H groups in total. The summed E-state index contributed by atoms with van der Waals surface area (Å²) in [5.41, 5.74) is 1.74. The topological polar surface area (TPSA) is 70.2 Å². The Bertz CT molecular complexity index is 877. The van der Waals surface area contributed by atoms with Gasteiger partial charge in [-0.25, -0.2) is 4.98 Å². The molecule has 3 rings (SSSR count). The molecule has 6 nitrogen and oxygen atoms in total. The molecule has 0 unspecified atom stereocenters. The number of aryl methyl sites for hydroxylation is 1. The van der Waals surface area contributed by atoms with Crippen molar-refractivity contribution in [1.29, 1.82) is 0 Å². The molecule has 3 aromatic rings. The van der Waals surface area contributed by atoms with Crippen LogP contribution in [-0.4, -0.2) is 21.6 Å². The zero-order valence-corrected chi connectivity index (χ0v) is 11.2. The van der Waals surface area contributed by atoms with Gasteiger partial charge in [-0.2, -0.15) is 4.98 Å². The van der Waals surface area contributed by atoms with Crippen molar-refractivity contribution in [2.75, 3.05) is 7.11 Å². The molecule has 3 aromatic heterocycles. The third kappa shape index (κ3) is 1.69. The number of pyridine rings is 1. The van der Waals surface area contributed by atoms with Gasteiger partial charge in [-0.05, 0) is 12.5 Å². The van der Waals surface area contributed by atoms with Gasteiger partial charge in [-0.1, -0.05) is 6.08 Å². The van der Waals surface area contributed by atoms with Crippen LogP contribution in [0.2, 0.25) is 0 Å². The molecule has 0 saturated heterocycles. The lowest BCUT2D eigenvalue weighted by Gasteiger charge is -2.00. The van der Waals surface area contributed by atoms with Crippen LogP contribution in [0.25, 0.3) is 22.2 Å². The van der Waals surface area contributed by atoms with Crippen LogP contribution < -0.4 is 10.3 Å². The van der Waals surface area contributed by atoms with Crippen LogP contribution >= 0.6 is 0 Å². The fraction of sp³-hybridized carbons (Fsp3) is 0.214. The van der Waals surface area contributed by atoms with E-state index < -0.39 is 0 Å². The third-order valence-electron chi connectivity index (χ3n) is 3.13. The summed E-state index contributed by atoms with van der Waals surface area (Å²) in [6, 6.07) is 1.79. The van der Waals surface area contributed by atoms with Gasteiger partial charge in [0.1, 0.15) is 5.52 Å². The number of nitrogens with zero attached hydrogens (tertiary/aromatic N) is 3. The predicted molar refractivity (Wildman–Crippen MR) is 75.1 cm³/mol. The van der Waals surface area contributed by atoms with Crippen LogP contribution in [-0.2, 0) is 6.54 Å². The zero-order chi connectivity index (χ0) is 14.3. The van der Waals surface area contributed by atoms with Crippen LogP contribution in [0.4, 0.5) is 0 Å². The molecule has 0 aliphatic carbocycles. The molecule has 0 aromatic carbocycles. The van der Waals surface area contributed by atoms with E-state index in [9.17, 15) is 4.79 Å². The Morgan fingerprint density at radius 2 is 2.35 bits per heavy atom. The third-order valence-corrected chi connectivity index (χ3v) is 3.13. The van der Waals surface area contributed by atoms with Crippen LogP contribution in [0.15, 0.2) is 34.3 Å². The number of ether oxygens (including phenoxy) is 1. The van der Waals surface area contributed by atoms with Crippen LogP contribution in [0.3, 0.4) is 0 Å². The highest BCUT2D eigenvalue weighted by atomic mass is 16.5. The molecule has 0 saturated carbocycles. The molecule has 102 valence electrons. The van der Waals surface area contributed by atoms with Crippen molar-refractivity contribution in [3.63, 3.8) is 0 Å². The summed E-state index contributed by atoms with van der Waals surface area (Å²) in [4.78, 5) is 20.8. The maximum Gasteiger partial charge on any atom is 0.297 e. The maximum atomic E-state index is 12.3. The van der Waals surface area contributed by atoms with Gasteiger partial charge in [-0.3, -0.25) is 9.36 Å². The Morgan fingerprint density at radius 1 is 1.55 bits per heavy atom. The van der Waals surface area contributed by atoms with Gasteiger partial charge in [0.15, 0.2) is 0 Å². The first-order chi connectivity index (χ1) is 9.65. The van der Waals surface area contributed by atoms with Crippen molar-refractivity contribution in [2.45, 2.75) is 13.5 Å². The molecular weight excluding hydrogens is 258 g/mol. The fourth-order valence-electron chi connectivity index (χ4n) is 2.19. The first-order valence-corrected chi connectivity index (χ1v) is 6.10. The highest BCUT2D eigenvalue weighted by molar-refractivity contribution is 6.02. The van der Waals surface area contributed by atoms with E-state index in [1.165, 1.54) is 18.0 Å². The lowest BCUT2D eigenvalue weighted by molar-refractivity contribution is 0.397. The molecule has 20 heavy (non-hydrogen) atoms. The van der Waals surface area contributed by atoms with E-state index in [0.717, 1.165) is 10.9 Å². The number of furan rings is 1. The standard InChI is InChI=1S/C14H13N3O3/c1-4-5-17-7-15-11-10-8(2)6-9(19-3)16-13(10)20-12(11)14(17)18/h4,6-7H,1,5H2,2-3H3. The van der Waals surface area contributed by atoms with Crippen molar-refractivity contribution < 1.29 is 9.15 Å². The van der Waals surface area contributed by atoms with E-state index in [0.29, 0.717) is 23.7 Å². The SMILES string of the molecule is C=CCn1cnc2c(oc3nc(OC)cc(C)c32)c1=O. The van der Waals surface area contributed by atoms with Crippen LogP contribution in [0, 0.1) is 6.92 Å². The second kappa shape index (κ2) is 4.48. The van der Waals surface area contributed by atoms with Crippen molar-refractivity contribution >= 4 is 22.2 Å². The number of hydrogen-bond donors (Lipinski definition) is 0. The summed E-state index contributed by atoms with van der Waals surface area (Å²) in [5.74, 6) is 0.445. The molecular formula is C14H13N3O3. The molecule has 3 heterocycles. The van der Waals surface area contributed by atoms with Gasteiger partial charge in [0.2, 0.25) is 17.2 Å². The molecule has 0 fully saturated rings. The summed E-state index contributed by atoms with van der Waals surface area (Å²) in [6.45, 7) is 5.89. The Labute approximate surface area is 114 Å². The second-order valence-corrected chi connectivity index (χ2v) is 4.43. The predicted octanol–water partition coefficient (Wildman–Crippen LogP) is 2.04. The quantitative estimate of drug-likeness (QED) is 0.682. The molecule has 0 radical (unpaired) electrons. The van der Waals surface area contributed by atoms with Crippen molar-refractivity contribution in [1.82, 2.24) is 14.5 Å². The van der Waals surface area contributed by atoms with Gasteiger partial charge in [0.05, 0.1) is 18.8 Å². The van der Waals surface area contributed by atoms with E-state index >= 15 is 0 Å². The number of methoxy groups -OCH3 is 1. The van der Waals surface area contributed by atoms with Gasteiger partial charge >= 0.3 is 0 Å². The van der Waals surface area contributed by atoms with E-state index in [1.54, 1.807) is 12.1 Å². The summed E-state index contributed by atoms with van der Waals surface area (Å²) in [7, 11) is 1.53. The van der Waals surface area contributed by atoms with Crippen molar-refractivity contribution in [3.8, 4) is 5.88 Å². The summed E-state index contributed by atoms with van der Waals surface area (Å²) < 4.78 is 12.1. The highest BCUT2D eigenvalue weighted by Crippen LogP contribution is 2.28. The normalized spacial score (nSPS) is 11.1. The van der Waals surface area contributed by atoms with Crippen molar-refractivity contribution in [3.05, 3.63) is 41.0 Å². The van der Waals surface area contributed by atoms with Gasteiger partial charge in [0, 0.05) is 12.6 Å². The highest BCUT2D eigenvalue weighted by Gasteiger charge is 2.17. The van der Waals surface area contributed by atoms with E-state index in [1.807, 2.05) is 6.92 Å². The Morgan fingerprint density at radius 3 is 3.05 bits per heavy atom. The maximum absolute atomic E-state index is 12.3. The van der Waals surface area contributed by atoms with Gasteiger partial charge in [0.25, 0.3) is 5.56 Å². The molecule has 0 aliphatic rings. The molecule has 6 heteroatoms. The average Bonchev–Trinajstić information content (AvgIpc) is 2.81. The summed E-state index contributed by atoms with van der Waals surface area (Å²) in [6.07, 6.45) is 3.12. The lowest BCUT2D eigenvalue weighted by Crippen LogP contribution is -2.19. The smallest absolute Gasteiger partial charge is 0.297 e. The summed E-state index contributed by atoms with van der Waals surface area (Å²) in [5, 5.41) is 0.739. The first-order valence-electron chi connectivity index (χ1n) is 6.10. The van der Waals surface area contributed by atoms with E-state index in [2.05, 4.69) is 16.5 Å². The Hall–Kier alpha value is -2.63. The number of fused-ring (bicyclic) bond motifs is 3. The molecule has 0 atom stereocenters. The minimum atomic E-state index is -0.244. The molecule has 0 aliphatic heterocycles. The van der Waals surface area contributed by atoms with Crippen molar-refractivity contribution in [2.24, 2.45) is 0 Å². The molecule has 0 spiro atoms. The average molecular weight is 271 g/mol. The minimum absolute atomic E-state index is 0.202. The Balaban J connectivity index is 2.42. The zero-order valence-electron chi connectivity index (χ0n) is 11.2. The van der Waals surface area contributed by atoms with Crippen LogP contribution in [0.1, 0.15) is 5.56 Å². The number of aromatic nitrogens is 3. The summed E-state index contributed by atoms with van der Waals surface area (Å²) >= 11 is 0. The first kappa shape index (κ1) is 12.4. The molecule has 0 amide bonds. The number of rotatable bonds is 3. The van der Waals surface area contributed by atoms with Gasteiger partial charge in [-0.15, -0.1) is 6.58 Å². The number of hydrogen-bond acceptors (Lipinski definition) is 5. The van der Waals surface area contributed by atoms with E-state index in [-0.39, 0.29) is 11.1 Å².